The maximum Gasteiger partial charge on any atom is 0.234 e. The van der Waals surface area contributed by atoms with Crippen molar-refractivity contribution >= 4 is 82.1 Å². The van der Waals surface area contributed by atoms with E-state index in [4.69, 9.17) is 15.2 Å². The van der Waals surface area contributed by atoms with Crippen molar-refractivity contribution in [3.05, 3.63) is 53.3 Å². The molecule has 0 aromatic heterocycles. The molecule has 0 fully saturated rings. The van der Waals surface area contributed by atoms with Crippen LogP contribution in [0, 0.1) is 0 Å². The molecule has 0 saturated carbocycles. The summed E-state index contributed by atoms with van der Waals surface area (Å²) in [6.45, 7) is 0. The number of methoxy groups -OCH3 is 2. The molecule has 0 radical (unpaired) electrons. The van der Waals surface area contributed by atoms with Crippen molar-refractivity contribution in [2.45, 2.75) is 0 Å². The fraction of sp³-hybridized carbons (Fsp3) is 0.118. The van der Waals surface area contributed by atoms with Gasteiger partial charge < -0.3 is 15.2 Å². The number of guanidine groups is 1. The molecule has 0 aliphatic heterocycles. The quantitative estimate of drug-likeness (QED) is 0.263. The van der Waals surface area contributed by atoms with E-state index >= 15 is 0 Å². The van der Waals surface area contributed by atoms with Gasteiger partial charge in [-0.05, 0) is 88.0 Å². The molecular formula is C17H15Br4N5O2. The lowest BCUT2D eigenvalue weighted by Crippen LogP contribution is -2.26. The van der Waals surface area contributed by atoms with Crippen LogP contribution in [0.4, 0.5) is 0 Å². The molecule has 0 heterocycles. The van der Waals surface area contributed by atoms with Crippen LogP contribution in [-0.4, -0.2) is 32.6 Å². The second-order valence-corrected chi connectivity index (χ2v) is 8.53. The minimum Gasteiger partial charge on any atom is -0.496 e. The minimum absolute atomic E-state index is 0.0257. The van der Waals surface area contributed by atoms with Crippen LogP contribution in [0.25, 0.3) is 0 Å². The lowest BCUT2D eigenvalue weighted by molar-refractivity contribution is 0.413. The van der Waals surface area contributed by atoms with E-state index in [-0.39, 0.29) is 5.96 Å². The van der Waals surface area contributed by atoms with E-state index in [0.29, 0.717) is 11.5 Å². The van der Waals surface area contributed by atoms with Gasteiger partial charge in [-0.1, -0.05) is 0 Å². The van der Waals surface area contributed by atoms with E-state index in [9.17, 15) is 0 Å². The zero-order valence-electron chi connectivity index (χ0n) is 14.7. The summed E-state index contributed by atoms with van der Waals surface area (Å²) in [5, 5.41) is 11.9. The summed E-state index contributed by atoms with van der Waals surface area (Å²) in [5.74, 6) is 1.33. The molecule has 0 spiro atoms. The molecule has 2 aromatic rings. The molecule has 3 N–H and O–H groups in total. The van der Waals surface area contributed by atoms with Crippen LogP contribution < -0.4 is 20.6 Å². The number of hydrogen-bond donors (Lipinski definition) is 2. The monoisotopic (exact) mass is 637 g/mol. The summed E-state index contributed by atoms with van der Waals surface area (Å²) in [6, 6.07) is 7.36. The van der Waals surface area contributed by atoms with Gasteiger partial charge in [-0.2, -0.15) is 10.2 Å². The molecule has 2 aromatic carbocycles. The Bertz CT molecular complexity index is 948. The van der Waals surface area contributed by atoms with Crippen molar-refractivity contribution in [1.82, 2.24) is 5.43 Å². The third-order valence-corrected chi connectivity index (χ3v) is 6.98. The molecule has 0 atom stereocenters. The van der Waals surface area contributed by atoms with Gasteiger partial charge in [0, 0.05) is 29.0 Å². The van der Waals surface area contributed by atoms with E-state index in [1.807, 2.05) is 24.3 Å². The minimum atomic E-state index is 0.0257. The van der Waals surface area contributed by atoms with E-state index in [2.05, 4.69) is 84.4 Å². The molecule has 0 unspecified atom stereocenters. The van der Waals surface area contributed by atoms with Gasteiger partial charge in [0.2, 0.25) is 5.96 Å². The summed E-state index contributed by atoms with van der Waals surface area (Å²) >= 11 is 13.7. The Hall–Kier alpha value is -1.43. The highest BCUT2D eigenvalue weighted by molar-refractivity contribution is 9.13. The zero-order valence-corrected chi connectivity index (χ0v) is 21.1. The van der Waals surface area contributed by atoms with Crippen LogP contribution >= 0.6 is 63.7 Å². The molecule has 148 valence electrons. The summed E-state index contributed by atoms with van der Waals surface area (Å²) in [6.07, 6.45) is 3.10. The third kappa shape index (κ3) is 6.29. The summed E-state index contributed by atoms with van der Waals surface area (Å²) in [4.78, 5) is 0. The normalized spacial score (nSPS) is 12.0. The molecule has 2 rings (SSSR count). The van der Waals surface area contributed by atoms with Gasteiger partial charge in [-0.3, -0.25) is 0 Å². The molecule has 0 amide bonds. The van der Waals surface area contributed by atoms with E-state index in [1.165, 1.54) is 6.21 Å². The van der Waals surface area contributed by atoms with Crippen molar-refractivity contribution in [1.29, 1.82) is 0 Å². The Morgan fingerprint density at radius 2 is 1.32 bits per heavy atom. The Labute approximate surface area is 196 Å². The first-order chi connectivity index (χ1) is 13.3. The molecule has 28 heavy (non-hydrogen) atoms. The van der Waals surface area contributed by atoms with Crippen molar-refractivity contribution in [2.75, 3.05) is 14.2 Å². The number of halogens is 4. The highest BCUT2D eigenvalue weighted by atomic mass is 79.9. The topological polar surface area (TPSA) is 93.6 Å². The maximum absolute atomic E-state index is 5.77. The summed E-state index contributed by atoms with van der Waals surface area (Å²) < 4.78 is 14.1. The number of hydrogen-bond acceptors (Lipinski definition) is 5. The van der Waals surface area contributed by atoms with Crippen LogP contribution in [0.3, 0.4) is 0 Å². The Kier molecular flexibility index (Phi) is 8.93. The standard InChI is InChI=1S/C17H15Br4N5O2/c1-27-15-5-13(20)11(18)3-9(15)7-23-25-17(22)26-24-8-10-4-12(19)14(21)6-16(10)28-2/h3-8H,1-2H3,(H3,22,25,26). The first-order valence-corrected chi connectivity index (χ1v) is 10.7. The van der Waals surface area contributed by atoms with E-state index in [1.54, 1.807) is 20.4 Å². The fourth-order valence-electron chi connectivity index (χ4n) is 1.99. The molecule has 7 nitrogen and oxygen atoms in total. The maximum atomic E-state index is 5.77. The number of ether oxygens (including phenoxy) is 2. The molecule has 0 aliphatic carbocycles. The molecular weight excluding hydrogens is 626 g/mol. The predicted molar refractivity (Wildman–Crippen MR) is 127 cm³/mol. The van der Waals surface area contributed by atoms with Crippen LogP contribution in [-0.2, 0) is 0 Å². The number of rotatable bonds is 6. The van der Waals surface area contributed by atoms with Gasteiger partial charge in [0.15, 0.2) is 0 Å². The van der Waals surface area contributed by atoms with Crippen molar-refractivity contribution in [3.63, 3.8) is 0 Å². The summed E-state index contributed by atoms with van der Waals surface area (Å²) in [5.41, 5.74) is 9.86. The van der Waals surface area contributed by atoms with E-state index in [0.717, 1.165) is 29.0 Å². The first-order valence-electron chi connectivity index (χ1n) is 7.57. The first kappa shape index (κ1) is 22.9. The molecule has 0 saturated heterocycles. The average Bonchev–Trinajstić information content (AvgIpc) is 2.66. The lowest BCUT2D eigenvalue weighted by atomic mass is 10.2. The number of nitrogens with one attached hydrogen (secondary N) is 1. The molecule has 0 aliphatic rings. The summed E-state index contributed by atoms with van der Waals surface area (Å²) in [7, 11) is 3.16. The van der Waals surface area contributed by atoms with Gasteiger partial charge in [-0.25, -0.2) is 5.43 Å². The van der Waals surface area contributed by atoms with E-state index < -0.39 is 0 Å². The van der Waals surface area contributed by atoms with Crippen molar-refractivity contribution < 1.29 is 9.47 Å². The average molecular weight is 641 g/mol. The highest BCUT2D eigenvalue weighted by Crippen LogP contribution is 2.31. The Morgan fingerprint density at radius 1 is 0.857 bits per heavy atom. The van der Waals surface area contributed by atoms with Gasteiger partial charge in [-0.15, -0.1) is 5.10 Å². The Balaban J connectivity index is 2.08. The molecule has 0 bridgehead atoms. The van der Waals surface area contributed by atoms with Gasteiger partial charge in [0.05, 0.1) is 26.6 Å². The second kappa shape index (κ2) is 10.9. The third-order valence-electron chi connectivity index (χ3n) is 3.29. The SMILES string of the molecule is COc1cc(Br)c(Br)cc1C=NN=C(N)NN=Cc1cc(Br)c(Br)cc1OC. The number of nitrogens with two attached hydrogens (primary N) is 1. The second-order valence-electron chi connectivity index (χ2n) is 5.12. The number of benzene rings is 2. The van der Waals surface area contributed by atoms with Crippen molar-refractivity contribution in [2.24, 2.45) is 21.0 Å². The van der Waals surface area contributed by atoms with Gasteiger partial charge in [0.25, 0.3) is 0 Å². The molecule has 11 heteroatoms. The van der Waals surface area contributed by atoms with Crippen molar-refractivity contribution in [3.8, 4) is 11.5 Å². The van der Waals surface area contributed by atoms with Gasteiger partial charge in [0.1, 0.15) is 11.5 Å². The predicted octanol–water partition coefficient (Wildman–Crippen LogP) is 5.03. The van der Waals surface area contributed by atoms with Crippen LogP contribution in [0.15, 0.2) is 57.5 Å². The van der Waals surface area contributed by atoms with Crippen LogP contribution in [0.1, 0.15) is 11.1 Å². The highest BCUT2D eigenvalue weighted by Gasteiger charge is 2.06. The smallest absolute Gasteiger partial charge is 0.234 e. The Morgan fingerprint density at radius 3 is 1.82 bits per heavy atom. The zero-order chi connectivity index (χ0) is 20.7. The number of hydrazone groups is 1. The largest absolute Gasteiger partial charge is 0.496 e. The van der Waals surface area contributed by atoms with Crippen LogP contribution in [0.5, 0.6) is 11.5 Å². The number of nitrogens with zero attached hydrogens (tertiary/aromatic N) is 3. The lowest BCUT2D eigenvalue weighted by Gasteiger charge is -2.07. The van der Waals surface area contributed by atoms with Crippen LogP contribution in [0.2, 0.25) is 0 Å². The fourth-order valence-corrected chi connectivity index (χ4v) is 3.35. The van der Waals surface area contributed by atoms with Gasteiger partial charge >= 0.3 is 0 Å².